The molecule has 1 aliphatic heterocycles. The summed E-state index contributed by atoms with van der Waals surface area (Å²) in [5.41, 5.74) is 10.3. The lowest BCUT2D eigenvalue weighted by atomic mass is 10.0. The van der Waals surface area contributed by atoms with Crippen molar-refractivity contribution in [2.45, 2.75) is 6.42 Å². The van der Waals surface area contributed by atoms with Gasteiger partial charge in [-0.15, -0.1) is 0 Å². The van der Waals surface area contributed by atoms with Crippen LogP contribution in [-0.2, 0) is 16.0 Å². The Morgan fingerprint density at radius 3 is 2.57 bits per heavy atom. The molecule has 5 rings (SSSR count). The van der Waals surface area contributed by atoms with E-state index in [-0.39, 0.29) is 24.7 Å². The summed E-state index contributed by atoms with van der Waals surface area (Å²) in [5.74, 6) is 1.29. The van der Waals surface area contributed by atoms with Gasteiger partial charge in [-0.3, -0.25) is 9.78 Å². The molecule has 1 aliphatic rings. The van der Waals surface area contributed by atoms with Gasteiger partial charge in [0.25, 0.3) is 6.54 Å². The predicted octanol–water partition coefficient (Wildman–Crippen LogP) is 2.60. The molecule has 10 nitrogen and oxygen atoms in total. The van der Waals surface area contributed by atoms with E-state index >= 15 is 0 Å². The summed E-state index contributed by atoms with van der Waals surface area (Å²) < 4.78 is 5.51. The zero-order chi connectivity index (χ0) is 24.2. The Morgan fingerprint density at radius 2 is 1.80 bits per heavy atom. The Hall–Kier alpha value is -4.49. The number of carbonyl (C=O) groups excluding carboxylic acids is 1. The quantitative estimate of drug-likeness (QED) is 0.427. The van der Waals surface area contributed by atoms with Crippen LogP contribution in [0.1, 0.15) is 5.56 Å². The van der Waals surface area contributed by atoms with Gasteiger partial charge in [0.1, 0.15) is 5.52 Å². The zero-order valence-corrected chi connectivity index (χ0v) is 18.9. The van der Waals surface area contributed by atoms with Crippen molar-refractivity contribution in [1.82, 2.24) is 24.9 Å². The molecule has 10 heteroatoms. The third-order valence-electron chi connectivity index (χ3n) is 5.68. The molecule has 1 saturated heterocycles. The van der Waals surface area contributed by atoms with E-state index in [1.54, 1.807) is 18.6 Å². The summed E-state index contributed by atoms with van der Waals surface area (Å²) in [7, 11) is 0. The van der Waals surface area contributed by atoms with Crippen LogP contribution in [0.2, 0.25) is 0 Å². The van der Waals surface area contributed by atoms with Gasteiger partial charge in [0, 0.05) is 43.7 Å². The molecule has 4 aromatic rings. The lowest BCUT2D eigenvalue weighted by Gasteiger charge is -2.28. The van der Waals surface area contributed by atoms with Crippen LogP contribution < -0.4 is 10.6 Å². The molecule has 174 valence electrons. The van der Waals surface area contributed by atoms with Crippen LogP contribution in [0.3, 0.4) is 0 Å². The monoisotopic (exact) mass is 466 g/mol. The van der Waals surface area contributed by atoms with Crippen LogP contribution in [0.5, 0.6) is 0 Å². The first-order valence-electron chi connectivity index (χ1n) is 11.1. The minimum Gasteiger partial charge on any atom is -0.378 e. The summed E-state index contributed by atoms with van der Waals surface area (Å²) in [6.45, 7) is 9.42. The van der Waals surface area contributed by atoms with Gasteiger partial charge in [-0.25, -0.2) is 26.5 Å². The predicted molar refractivity (Wildman–Crippen MR) is 131 cm³/mol. The molecule has 0 aliphatic carbocycles. The van der Waals surface area contributed by atoms with Crippen molar-refractivity contribution in [3.05, 3.63) is 65.9 Å². The molecule has 0 bridgehead atoms. The number of nitrogens with zero attached hydrogens (tertiary/aromatic N) is 7. The number of Topliss-reactive ketones (excluding diaryl/α,β-unsaturated/α-hetero) is 1. The van der Waals surface area contributed by atoms with Gasteiger partial charge in [-0.1, -0.05) is 24.3 Å². The summed E-state index contributed by atoms with van der Waals surface area (Å²) in [4.78, 5) is 39.7. The van der Waals surface area contributed by atoms with Crippen LogP contribution in [-0.4, -0.2) is 63.6 Å². The fourth-order valence-corrected chi connectivity index (χ4v) is 3.97. The molecule has 0 saturated carbocycles. The molecule has 35 heavy (non-hydrogen) atoms. The van der Waals surface area contributed by atoms with E-state index in [9.17, 15) is 4.79 Å². The average molecular weight is 467 g/mol. The van der Waals surface area contributed by atoms with Crippen molar-refractivity contribution in [2.75, 3.05) is 43.5 Å². The smallest absolute Gasteiger partial charge is 0.272 e. The van der Waals surface area contributed by atoms with Gasteiger partial charge in [0.2, 0.25) is 11.7 Å². The van der Waals surface area contributed by atoms with Gasteiger partial charge in [0.05, 0.1) is 24.3 Å². The number of rotatable bonds is 6. The zero-order valence-electron chi connectivity index (χ0n) is 18.9. The molecule has 0 amide bonds. The van der Waals surface area contributed by atoms with Crippen LogP contribution >= 0.6 is 0 Å². The van der Waals surface area contributed by atoms with Crippen LogP contribution in [0.25, 0.3) is 38.4 Å². The molecule has 0 unspecified atom stereocenters. The van der Waals surface area contributed by atoms with Gasteiger partial charge in [-0.2, -0.15) is 0 Å². The minimum absolute atomic E-state index is 0.105. The highest BCUT2D eigenvalue weighted by atomic mass is 16.5. The Bertz CT molecular complexity index is 1430. The molecule has 1 aromatic carbocycles. The maximum atomic E-state index is 11.9. The second-order valence-corrected chi connectivity index (χ2v) is 8.12. The fourth-order valence-electron chi connectivity index (χ4n) is 3.97. The molecule has 0 atom stereocenters. The van der Waals surface area contributed by atoms with E-state index < -0.39 is 0 Å². The molecule has 0 radical (unpaired) electrons. The van der Waals surface area contributed by atoms with E-state index in [0.29, 0.717) is 48.7 Å². The topological polar surface area (TPSA) is 124 Å². The highest BCUT2D eigenvalue weighted by Gasteiger charge is 2.20. The second-order valence-electron chi connectivity index (χ2n) is 8.12. The van der Waals surface area contributed by atoms with Gasteiger partial charge >= 0.3 is 0 Å². The molecular weight excluding hydrogens is 444 g/mol. The SMILES string of the molecule is [C-]#[N+]CC(=O)Cc1cccc(-c2cnc3c(N4CCOCC4)nc(-c4cnc(N)nc4)nc3c2)c1. The number of fused-ring (bicyclic) bond motifs is 1. The van der Waals surface area contributed by atoms with E-state index in [1.165, 1.54) is 0 Å². The summed E-state index contributed by atoms with van der Waals surface area (Å²) in [6, 6.07) is 9.66. The van der Waals surface area contributed by atoms with Crippen molar-refractivity contribution in [2.24, 2.45) is 0 Å². The van der Waals surface area contributed by atoms with Crippen molar-refractivity contribution in [1.29, 1.82) is 0 Å². The first-order chi connectivity index (χ1) is 17.1. The van der Waals surface area contributed by atoms with E-state index in [2.05, 4.69) is 19.7 Å². The lowest BCUT2D eigenvalue weighted by molar-refractivity contribution is -0.116. The maximum absolute atomic E-state index is 11.9. The van der Waals surface area contributed by atoms with Crippen molar-refractivity contribution < 1.29 is 9.53 Å². The lowest BCUT2D eigenvalue weighted by Crippen LogP contribution is -2.37. The molecule has 0 spiro atoms. The molecular formula is C25H22N8O2. The molecule has 1 fully saturated rings. The Labute approximate surface area is 201 Å². The Morgan fingerprint density at radius 1 is 1.03 bits per heavy atom. The number of pyridine rings is 1. The fraction of sp³-hybridized carbons (Fsp3) is 0.240. The van der Waals surface area contributed by atoms with E-state index in [0.717, 1.165) is 22.5 Å². The van der Waals surface area contributed by atoms with Crippen LogP contribution in [0, 0.1) is 6.57 Å². The normalized spacial score (nSPS) is 13.5. The number of hydrogen-bond acceptors (Lipinski definition) is 9. The number of benzene rings is 1. The van der Waals surface area contributed by atoms with Crippen LogP contribution in [0.4, 0.5) is 11.8 Å². The number of carbonyl (C=O) groups is 1. The third-order valence-corrected chi connectivity index (χ3v) is 5.68. The maximum Gasteiger partial charge on any atom is 0.272 e. The first kappa shape index (κ1) is 22.3. The van der Waals surface area contributed by atoms with E-state index in [1.807, 2.05) is 30.3 Å². The standard InChI is InChI=1S/C25H22N8O2/c1-27-15-20(34)10-16-3-2-4-17(9-16)18-11-21-22(28-12-18)24(33-5-7-35-8-6-33)32-23(31-21)19-13-29-25(26)30-14-19/h2-4,9,11-14H,5-8,10,15H2,(H2,26,29,30). The Balaban J connectivity index is 1.59. The van der Waals surface area contributed by atoms with Crippen molar-refractivity contribution >= 4 is 28.6 Å². The van der Waals surface area contributed by atoms with Crippen LogP contribution in [0.15, 0.2) is 48.9 Å². The van der Waals surface area contributed by atoms with Gasteiger partial charge in [0.15, 0.2) is 11.6 Å². The number of ketones is 1. The average Bonchev–Trinajstić information content (AvgIpc) is 2.89. The van der Waals surface area contributed by atoms with Crippen molar-refractivity contribution in [3.63, 3.8) is 0 Å². The Kier molecular flexibility index (Phi) is 6.24. The minimum atomic E-state index is -0.110. The highest BCUT2D eigenvalue weighted by molar-refractivity contribution is 5.90. The second kappa shape index (κ2) is 9.79. The largest absolute Gasteiger partial charge is 0.378 e. The third kappa shape index (κ3) is 4.90. The number of nitrogens with two attached hydrogens (primary N) is 1. The van der Waals surface area contributed by atoms with Gasteiger partial charge < -0.3 is 20.2 Å². The van der Waals surface area contributed by atoms with Crippen molar-refractivity contribution in [3.8, 4) is 22.5 Å². The molecule has 4 heterocycles. The molecule has 2 N–H and O–H groups in total. The number of aromatic nitrogens is 5. The number of anilines is 2. The van der Waals surface area contributed by atoms with Gasteiger partial charge in [-0.05, 0) is 17.2 Å². The number of hydrogen-bond donors (Lipinski definition) is 1. The number of morpholine rings is 1. The summed E-state index contributed by atoms with van der Waals surface area (Å²) in [5, 5.41) is 0. The first-order valence-corrected chi connectivity index (χ1v) is 11.1. The highest BCUT2D eigenvalue weighted by Crippen LogP contribution is 2.30. The number of nitrogen functional groups attached to an aromatic ring is 1. The number of ether oxygens (including phenoxy) is 1. The summed E-state index contributed by atoms with van der Waals surface area (Å²) >= 11 is 0. The summed E-state index contributed by atoms with van der Waals surface area (Å²) in [6.07, 6.45) is 5.23. The molecule has 3 aromatic heterocycles. The van der Waals surface area contributed by atoms with E-state index in [4.69, 9.17) is 32.0 Å².